The third-order valence-electron chi connectivity index (χ3n) is 2.86. The van der Waals surface area contributed by atoms with Gasteiger partial charge in [0.2, 0.25) is 0 Å². The fourth-order valence-electron chi connectivity index (χ4n) is 1.73. The van der Waals surface area contributed by atoms with Crippen LogP contribution < -0.4 is 0 Å². The third-order valence-corrected chi connectivity index (χ3v) is 2.86. The Morgan fingerprint density at radius 1 is 1.00 bits per heavy atom. The zero-order chi connectivity index (χ0) is 12.3. The van der Waals surface area contributed by atoms with Crippen molar-refractivity contribution in [3.63, 3.8) is 0 Å². The Morgan fingerprint density at radius 2 is 1.65 bits per heavy atom. The van der Waals surface area contributed by atoms with Gasteiger partial charge in [-0.05, 0) is 23.1 Å². The number of hydrogen-bond donors (Lipinski definition) is 0. The second kappa shape index (κ2) is 4.96. The van der Waals surface area contributed by atoms with Gasteiger partial charge in [0, 0.05) is 17.5 Å². The fraction of sp³-hybridized carbons (Fsp3) is 0.188. The summed E-state index contributed by atoms with van der Waals surface area (Å²) in [5, 5.41) is 0. The van der Waals surface area contributed by atoms with Gasteiger partial charge in [0.1, 0.15) is 0 Å². The first-order valence-electron chi connectivity index (χ1n) is 5.89. The summed E-state index contributed by atoms with van der Waals surface area (Å²) in [6.45, 7) is 8.06. The van der Waals surface area contributed by atoms with E-state index < -0.39 is 0 Å². The Kier molecular flexibility index (Phi) is 3.38. The molecule has 0 spiro atoms. The molecule has 1 heteroatoms. The lowest BCUT2D eigenvalue weighted by atomic mass is 10.0. The highest BCUT2D eigenvalue weighted by Gasteiger charge is 2.02. The van der Waals surface area contributed by atoms with Gasteiger partial charge in [0.15, 0.2) is 0 Å². The minimum atomic E-state index is 0.479. The molecule has 0 radical (unpaired) electrons. The molecule has 0 aliphatic heterocycles. The topological polar surface area (TPSA) is 12.9 Å². The van der Waals surface area contributed by atoms with Crippen molar-refractivity contribution in [3.05, 3.63) is 60.4 Å². The molecule has 0 aliphatic rings. The van der Waals surface area contributed by atoms with Gasteiger partial charge in [-0.2, -0.15) is 0 Å². The smallest absolute Gasteiger partial charge is 0.0429 e. The van der Waals surface area contributed by atoms with E-state index in [9.17, 15) is 0 Å². The van der Waals surface area contributed by atoms with Gasteiger partial charge in [-0.25, -0.2) is 0 Å². The van der Waals surface area contributed by atoms with E-state index in [0.29, 0.717) is 5.92 Å². The molecule has 2 rings (SSSR count). The zero-order valence-electron chi connectivity index (χ0n) is 10.4. The summed E-state index contributed by atoms with van der Waals surface area (Å²) in [5.41, 5.74) is 4.63. The normalized spacial score (nSPS) is 10.5. The average molecular weight is 223 g/mol. The van der Waals surface area contributed by atoms with Crippen LogP contribution in [-0.2, 0) is 0 Å². The van der Waals surface area contributed by atoms with Crippen molar-refractivity contribution >= 4 is 6.08 Å². The van der Waals surface area contributed by atoms with Crippen molar-refractivity contribution in [2.24, 2.45) is 0 Å². The van der Waals surface area contributed by atoms with E-state index in [4.69, 9.17) is 0 Å². The van der Waals surface area contributed by atoms with E-state index in [1.165, 1.54) is 5.56 Å². The van der Waals surface area contributed by atoms with E-state index >= 15 is 0 Å². The maximum Gasteiger partial charge on any atom is 0.0429 e. The molecule has 0 unspecified atom stereocenters. The lowest BCUT2D eigenvalue weighted by Crippen LogP contribution is -1.91. The van der Waals surface area contributed by atoms with Crippen molar-refractivity contribution in [3.8, 4) is 11.1 Å². The number of rotatable bonds is 3. The van der Waals surface area contributed by atoms with Crippen molar-refractivity contribution in [1.29, 1.82) is 0 Å². The summed E-state index contributed by atoms with van der Waals surface area (Å²) < 4.78 is 0. The minimum absolute atomic E-state index is 0.479. The van der Waals surface area contributed by atoms with Crippen LogP contribution in [0, 0.1) is 0 Å². The standard InChI is InChI=1S/C16H17N/c1-4-13-5-7-14(8-6-13)15-9-10-16(12(2)3)17-11-15/h4-12H,1H2,2-3H3. The maximum absolute atomic E-state index is 4.48. The van der Waals surface area contributed by atoms with Crippen LogP contribution in [0.5, 0.6) is 0 Å². The fourth-order valence-corrected chi connectivity index (χ4v) is 1.73. The van der Waals surface area contributed by atoms with E-state index in [1.807, 2.05) is 12.3 Å². The summed E-state index contributed by atoms with van der Waals surface area (Å²) in [7, 11) is 0. The number of aromatic nitrogens is 1. The Morgan fingerprint density at radius 3 is 2.12 bits per heavy atom. The molecule has 86 valence electrons. The molecule has 0 N–H and O–H groups in total. The van der Waals surface area contributed by atoms with Gasteiger partial charge in [-0.15, -0.1) is 0 Å². The molecule has 0 fully saturated rings. The van der Waals surface area contributed by atoms with E-state index in [2.05, 4.69) is 61.8 Å². The first-order chi connectivity index (χ1) is 8.20. The van der Waals surface area contributed by atoms with Gasteiger partial charge in [0.25, 0.3) is 0 Å². The molecule has 1 heterocycles. The van der Waals surface area contributed by atoms with Crippen LogP contribution in [0.25, 0.3) is 17.2 Å². The molecule has 17 heavy (non-hydrogen) atoms. The predicted molar refractivity (Wildman–Crippen MR) is 73.9 cm³/mol. The summed E-state index contributed by atoms with van der Waals surface area (Å²) in [6.07, 6.45) is 3.79. The molecule has 0 saturated carbocycles. The minimum Gasteiger partial charge on any atom is -0.260 e. The second-order valence-electron chi connectivity index (χ2n) is 4.45. The Balaban J connectivity index is 2.29. The Hall–Kier alpha value is -1.89. The first-order valence-corrected chi connectivity index (χ1v) is 5.89. The Labute approximate surface area is 103 Å². The monoisotopic (exact) mass is 223 g/mol. The zero-order valence-corrected chi connectivity index (χ0v) is 10.4. The van der Waals surface area contributed by atoms with Crippen LogP contribution in [0.4, 0.5) is 0 Å². The van der Waals surface area contributed by atoms with E-state index in [0.717, 1.165) is 16.8 Å². The van der Waals surface area contributed by atoms with Gasteiger partial charge in [0.05, 0.1) is 0 Å². The van der Waals surface area contributed by atoms with Crippen LogP contribution in [-0.4, -0.2) is 4.98 Å². The van der Waals surface area contributed by atoms with Crippen LogP contribution in [0.3, 0.4) is 0 Å². The highest BCUT2D eigenvalue weighted by molar-refractivity contribution is 5.64. The van der Waals surface area contributed by atoms with Gasteiger partial charge >= 0.3 is 0 Å². The highest BCUT2D eigenvalue weighted by atomic mass is 14.7. The van der Waals surface area contributed by atoms with Gasteiger partial charge < -0.3 is 0 Å². The molecular formula is C16H17N. The molecule has 1 aromatic heterocycles. The van der Waals surface area contributed by atoms with Crippen molar-refractivity contribution < 1.29 is 0 Å². The lowest BCUT2D eigenvalue weighted by Gasteiger charge is -2.06. The molecule has 1 nitrogen and oxygen atoms in total. The number of pyridine rings is 1. The van der Waals surface area contributed by atoms with Crippen LogP contribution in [0.2, 0.25) is 0 Å². The molecule has 1 aromatic carbocycles. The summed E-state index contributed by atoms with van der Waals surface area (Å²) >= 11 is 0. The average Bonchev–Trinajstić information content (AvgIpc) is 2.39. The summed E-state index contributed by atoms with van der Waals surface area (Å²) in [6, 6.07) is 12.6. The SMILES string of the molecule is C=Cc1ccc(-c2ccc(C(C)C)nc2)cc1. The summed E-state index contributed by atoms with van der Waals surface area (Å²) in [5.74, 6) is 0.479. The van der Waals surface area contributed by atoms with Gasteiger partial charge in [-0.3, -0.25) is 4.98 Å². The van der Waals surface area contributed by atoms with Crippen LogP contribution >= 0.6 is 0 Å². The predicted octanol–water partition coefficient (Wildman–Crippen LogP) is 4.52. The maximum atomic E-state index is 4.48. The van der Waals surface area contributed by atoms with Crippen molar-refractivity contribution in [1.82, 2.24) is 4.98 Å². The quantitative estimate of drug-likeness (QED) is 0.745. The second-order valence-corrected chi connectivity index (χ2v) is 4.45. The van der Waals surface area contributed by atoms with E-state index in [1.54, 1.807) is 0 Å². The molecular weight excluding hydrogens is 206 g/mol. The number of benzene rings is 1. The number of hydrogen-bond acceptors (Lipinski definition) is 1. The molecule has 0 saturated heterocycles. The molecule has 0 aliphatic carbocycles. The lowest BCUT2D eigenvalue weighted by molar-refractivity contribution is 0.823. The van der Waals surface area contributed by atoms with E-state index in [-0.39, 0.29) is 0 Å². The Bertz CT molecular complexity index is 492. The largest absolute Gasteiger partial charge is 0.260 e. The first kappa shape index (κ1) is 11.6. The van der Waals surface area contributed by atoms with Crippen LogP contribution in [0.15, 0.2) is 49.2 Å². The van der Waals surface area contributed by atoms with Crippen LogP contribution in [0.1, 0.15) is 31.0 Å². The summed E-state index contributed by atoms with van der Waals surface area (Å²) in [4.78, 5) is 4.48. The number of nitrogens with zero attached hydrogens (tertiary/aromatic N) is 1. The van der Waals surface area contributed by atoms with Crippen molar-refractivity contribution in [2.45, 2.75) is 19.8 Å². The molecule has 0 atom stereocenters. The molecule has 2 aromatic rings. The van der Waals surface area contributed by atoms with Crippen molar-refractivity contribution in [2.75, 3.05) is 0 Å². The molecule has 0 amide bonds. The highest BCUT2D eigenvalue weighted by Crippen LogP contribution is 2.21. The third kappa shape index (κ3) is 2.62. The molecule has 0 bridgehead atoms. The van der Waals surface area contributed by atoms with Gasteiger partial charge in [-0.1, -0.05) is 56.8 Å².